The average Bonchev–Trinajstić information content (AvgIpc) is 2.34. The number of rotatable bonds is 3. The monoisotopic (exact) mass is 301 g/mol. The molecular formula is C13H10Cl3NO. The first kappa shape index (κ1) is 13.5. The number of nitrogens with zero attached hydrogens (tertiary/aromatic N) is 1. The molecular weight excluding hydrogens is 293 g/mol. The van der Waals surface area contributed by atoms with Crippen molar-refractivity contribution in [1.82, 2.24) is 4.98 Å². The van der Waals surface area contributed by atoms with Crippen molar-refractivity contribution in [3.05, 3.63) is 51.6 Å². The van der Waals surface area contributed by atoms with Crippen molar-refractivity contribution in [1.29, 1.82) is 0 Å². The van der Waals surface area contributed by atoms with Gasteiger partial charge in [-0.25, -0.2) is 4.98 Å². The van der Waals surface area contributed by atoms with E-state index in [1.165, 1.54) is 0 Å². The Morgan fingerprint density at radius 1 is 1.11 bits per heavy atom. The summed E-state index contributed by atoms with van der Waals surface area (Å²) in [5, 5.41) is 0.939. The second-order valence-electron chi connectivity index (χ2n) is 3.71. The summed E-state index contributed by atoms with van der Waals surface area (Å²) >= 11 is 17.5. The standard InChI is InChI=1S/C13H10Cl3NO/c1-8-9(7-14)2-5-13(17-8)18-10-3-4-11(15)12(16)6-10/h2-6H,7H2,1H3. The summed E-state index contributed by atoms with van der Waals surface area (Å²) in [4.78, 5) is 4.31. The van der Waals surface area contributed by atoms with Gasteiger partial charge in [0.25, 0.3) is 0 Å². The van der Waals surface area contributed by atoms with Crippen molar-refractivity contribution in [2.75, 3.05) is 0 Å². The Kier molecular flexibility index (Phi) is 4.33. The number of halogens is 3. The number of benzene rings is 1. The normalized spacial score (nSPS) is 10.4. The minimum Gasteiger partial charge on any atom is -0.439 e. The van der Waals surface area contributed by atoms with Gasteiger partial charge in [-0.3, -0.25) is 0 Å². The van der Waals surface area contributed by atoms with Crippen LogP contribution in [-0.4, -0.2) is 4.98 Å². The molecule has 0 aliphatic carbocycles. The van der Waals surface area contributed by atoms with Crippen LogP contribution in [0.2, 0.25) is 10.0 Å². The van der Waals surface area contributed by atoms with Gasteiger partial charge in [-0.1, -0.05) is 29.3 Å². The molecule has 1 heterocycles. The van der Waals surface area contributed by atoms with E-state index in [1.807, 2.05) is 13.0 Å². The number of alkyl halides is 1. The van der Waals surface area contributed by atoms with Crippen LogP contribution in [0.3, 0.4) is 0 Å². The zero-order chi connectivity index (χ0) is 13.1. The third kappa shape index (κ3) is 3.08. The molecule has 0 aliphatic heterocycles. The fourth-order valence-corrected chi connectivity index (χ4v) is 2.00. The van der Waals surface area contributed by atoms with Crippen LogP contribution >= 0.6 is 34.8 Å². The van der Waals surface area contributed by atoms with Gasteiger partial charge in [0, 0.05) is 23.7 Å². The third-order valence-corrected chi connectivity index (χ3v) is 3.45. The Balaban J connectivity index is 2.23. The van der Waals surface area contributed by atoms with E-state index in [-0.39, 0.29) is 0 Å². The topological polar surface area (TPSA) is 22.1 Å². The van der Waals surface area contributed by atoms with Crippen molar-refractivity contribution < 1.29 is 4.74 Å². The molecule has 0 spiro atoms. The summed E-state index contributed by atoms with van der Waals surface area (Å²) in [5.41, 5.74) is 1.83. The minimum atomic E-state index is 0.436. The van der Waals surface area contributed by atoms with Crippen LogP contribution in [0.15, 0.2) is 30.3 Å². The highest BCUT2D eigenvalue weighted by Gasteiger charge is 2.05. The van der Waals surface area contributed by atoms with Crippen LogP contribution < -0.4 is 4.74 Å². The van der Waals surface area contributed by atoms with Crippen molar-refractivity contribution in [2.24, 2.45) is 0 Å². The lowest BCUT2D eigenvalue weighted by molar-refractivity contribution is 0.461. The van der Waals surface area contributed by atoms with Crippen LogP contribution in [-0.2, 0) is 5.88 Å². The Morgan fingerprint density at radius 3 is 2.50 bits per heavy atom. The summed E-state index contributed by atoms with van der Waals surface area (Å²) in [6.45, 7) is 1.89. The van der Waals surface area contributed by atoms with E-state index in [0.717, 1.165) is 11.3 Å². The third-order valence-electron chi connectivity index (χ3n) is 2.43. The van der Waals surface area contributed by atoms with Gasteiger partial charge in [0.1, 0.15) is 5.75 Å². The van der Waals surface area contributed by atoms with E-state index < -0.39 is 0 Å². The number of ether oxygens (including phenoxy) is 1. The Labute approximate surface area is 120 Å². The van der Waals surface area contributed by atoms with Crippen LogP contribution in [0.25, 0.3) is 0 Å². The fraction of sp³-hybridized carbons (Fsp3) is 0.154. The highest BCUT2D eigenvalue weighted by Crippen LogP contribution is 2.29. The molecule has 1 aromatic heterocycles. The first-order chi connectivity index (χ1) is 8.60. The summed E-state index contributed by atoms with van der Waals surface area (Å²) in [7, 11) is 0. The van der Waals surface area contributed by atoms with E-state index in [1.54, 1.807) is 24.3 Å². The molecule has 0 bridgehead atoms. The molecule has 2 nitrogen and oxygen atoms in total. The molecule has 2 rings (SSSR count). The van der Waals surface area contributed by atoms with E-state index in [9.17, 15) is 0 Å². The van der Waals surface area contributed by atoms with Crippen molar-refractivity contribution >= 4 is 34.8 Å². The quantitative estimate of drug-likeness (QED) is 0.724. The van der Waals surface area contributed by atoms with Gasteiger partial charge >= 0.3 is 0 Å². The molecule has 0 saturated carbocycles. The lowest BCUT2D eigenvalue weighted by Crippen LogP contribution is -1.93. The largest absolute Gasteiger partial charge is 0.439 e. The molecule has 94 valence electrons. The predicted molar refractivity (Wildman–Crippen MR) is 75.1 cm³/mol. The SMILES string of the molecule is Cc1nc(Oc2ccc(Cl)c(Cl)c2)ccc1CCl. The molecule has 0 unspecified atom stereocenters. The molecule has 1 aromatic carbocycles. The van der Waals surface area contributed by atoms with Crippen molar-refractivity contribution in [3.8, 4) is 11.6 Å². The molecule has 2 aromatic rings. The first-order valence-electron chi connectivity index (χ1n) is 5.25. The van der Waals surface area contributed by atoms with Crippen LogP contribution in [0, 0.1) is 6.92 Å². The maximum Gasteiger partial charge on any atom is 0.219 e. The highest BCUT2D eigenvalue weighted by molar-refractivity contribution is 6.42. The molecule has 0 aliphatic rings. The maximum absolute atomic E-state index is 5.91. The van der Waals surface area contributed by atoms with E-state index in [0.29, 0.717) is 27.6 Å². The van der Waals surface area contributed by atoms with Crippen LogP contribution in [0.4, 0.5) is 0 Å². The molecule has 0 amide bonds. The number of hydrogen-bond donors (Lipinski definition) is 0. The average molecular weight is 303 g/mol. The van der Waals surface area contributed by atoms with Crippen molar-refractivity contribution in [2.45, 2.75) is 12.8 Å². The lowest BCUT2D eigenvalue weighted by atomic mass is 10.2. The van der Waals surface area contributed by atoms with Gasteiger partial charge in [0.05, 0.1) is 10.0 Å². The summed E-state index contributed by atoms with van der Waals surface area (Å²) in [5.74, 6) is 1.53. The molecule has 0 N–H and O–H groups in total. The van der Waals surface area contributed by atoms with E-state index >= 15 is 0 Å². The van der Waals surface area contributed by atoms with Crippen LogP contribution in [0.1, 0.15) is 11.3 Å². The zero-order valence-corrected chi connectivity index (χ0v) is 11.9. The molecule has 0 fully saturated rings. The molecule has 0 atom stereocenters. The van der Waals surface area contributed by atoms with E-state index in [2.05, 4.69) is 4.98 Å². The Bertz CT molecular complexity index is 572. The van der Waals surface area contributed by atoms with Gasteiger partial charge in [0.2, 0.25) is 5.88 Å². The van der Waals surface area contributed by atoms with Gasteiger partial charge in [-0.2, -0.15) is 0 Å². The van der Waals surface area contributed by atoms with Crippen molar-refractivity contribution in [3.63, 3.8) is 0 Å². The highest BCUT2D eigenvalue weighted by atomic mass is 35.5. The van der Waals surface area contributed by atoms with Crippen LogP contribution in [0.5, 0.6) is 11.6 Å². The second-order valence-corrected chi connectivity index (χ2v) is 4.79. The number of aromatic nitrogens is 1. The first-order valence-corrected chi connectivity index (χ1v) is 6.54. The number of aryl methyl sites for hydroxylation is 1. The smallest absolute Gasteiger partial charge is 0.219 e. The van der Waals surface area contributed by atoms with Gasteiger partial charge in [0.15, 0.2) is 0 Å². The molecule has 0 radical (unpaired) electrons. The Morgan fingerprint density at radius 2 is 1.89 bits per heavy atom. The van der Waals surface area contributed by atoms with Gasteiger partial charge in [-0.05, 0) is 24.6 Å². The molecule has 0 saturated heterocycles. The minimum absolute atomic E-state index is 0.436. The summed E-state index contributed by atoms with van der Waals surface area (Å²) < 4.78 is 5.60. The Hall–Kier alpha value is -0.960. The maximum atomic E-state index is 5.91. The molecule has 5 heteroatoms. The van der Waals surface area contributed by atoms with Gasteiger partial charge in [-0.15, -0.1) is 11.6 Å². The lowest BCUT2D eigenvalue weighted by Gasteiger charge is -2.08. The zero-order valence-electron chi connectivity index (χ0n) is 9.58. The number of pyridine rings is 1. The fourth-order valence-electron chi connectivity index (χ4n) is 1.43. The van der Waals surface area contributed by atoms with E-state index in [4.69, 9.17) is 39.5 Å². The molecule has 18 heavy (non-hydrogen) atoms. The van der Waals surface area contributed by atoms with Gasteiger partial charge < -0.3 is 4.74 Å². The summed E-state index contributed by atoms with van der Waals surface area (Å²) in [6, 6.07) is 8.73. The summed E-state index contributed by atoms with van der Waals surface area (Å²) in [6.07, 6.45) is 0. The predicted octanol–water partition coefficient (Wildman–Crippen LogP) is 5.23. The second kappa shape index (κ2) is 5.79. The number of hydrogen-bond acceptors (Lipinski definition) is 2.